The molecule has 6 rings (SSSR count). The standard InChI is InChI=1S/C21H28N6O2S/c1-26-9-8-15-11-27(12-18(15)26)30(28,29)21-23-20(24-25-21)22-19-16-6-2-4-13(16)10-14-5-3-7-17(14)19/h10,15,18H,2-9,11-12H2,1H3,(H2,22,23,24,25). The van der Waals surface area contributed by atoms with E-state index in [0.29, 0.717) is 31.0 Å². The summed E-state index contributed by atoms with van der Waals surface area (Å²) < 4.78 is 27.9. The molecule has 2 aliphatic heterocycles. The highest BCUT2D eigenvalue weighted by atomic mass is 32.2. The Morgan fingerprint density at radius 3 is 2.53 bits per heavy atom. The quantitative estimate of drug-likeness (QED) is 0.772. The smallest absolute Gasteiger partial charge is 0.278 e. The van der Waals surface area contributed by atoms with Crippen LogP contribution in [-0.2, 0) is 35.7 Å². The molecule has 2 N–H and O–H groups in total. The molecule has 3 heterocycles. The van der Waals surface area contributed by atoms with Gasteiger partial charge in [-0.2, -0.15) is 9.29 Å². The Morgan fingerprint density at radius 1 is 1.10 bits per heavy atom. The van der Waals surface area contributed by atoms with Crippen molar-refractivity contribution in [1.82, 2.24) is 24.4 Å². The van der Waals surface area contributed by atoms with Crippen molar-refractivity contribution in [2.45, 2.75) is 56.1 Å². The van der Waals surface area contributed by atoms with E-state index in [0.717, 1.165) is 44.3 Å². The summed E-state index contributed by atoms with van der Waals surface area (Å²) in [5.41, 5.74) is 6.70. The minimum absolute atomic E-state index is 0.0585. The number of aromatic nitrogens is 3. The van der Waals surface area contributed by atoms with Gasteiger partial charge in [-0.1, -0.05) is 6.07 Å². The van der Waals surface area contributed by atoms with Gasteiger partial charge in [0.1, 0.15) is 0 Å². The number of nitrogens with one attached hydrogen (secondary N) is 2. The van der Waals surface area contributed by atoms with E-state index in [-0.39, 0.29) is 5.16 Å². The first-order valence-electron chi connectivity index (χ1n) is 11.1. The molecule has 8 nitrogen and oxygen atoms in total. The molecule has 0 spiro atoms. The third-order valence-corrected chi connectivity index (χ3v) is 9.20. The molecule has 160 valence electrons. The summed E-state index contributed by atoms with van der Waals surface area (Å²) >= 11 is 0. The van der Waals surface area contributed by atoms with Gasteiger partial charge in [-0.3, -0.25) is 0 Å². The number of hydrogen-bond donors (Lipinski definition) is 2. The number of aryl methyl sites for hydroxylation is 2. The highest BCUT2D eigenvalue weighted by Crippen LogP contribution is 2.39. The summed E-state index contributed by atoms with van der Waals surface area (Å²) in [4.78, 5) is 6.63. The number of hydrogen-bond acceptors (Lipinski definition) is 6. The van der Waals surface area contributed by atoms with Gasteiger partial charge in [-0.05, 0) is 86.7 Å². The SMILES string of the molecule is CN1CCC2CN(S(=O)(=O)c3nc(Nc4c5c(cc6c4CCC6)CCC5)n[nH]3)CC21. The van der Waals surface area contributed by atoms with Gasteiger partial charge < -0.3 is 10.2 Å². The Kier molecular flexibility index (Phi) is 4.23. The van der Waals surface area contributed by atoms with E-state index in [4.69, 9.17) is 0 Å². The number of sulfonamides is 1. The summed E-state index contributed by atoms with van der Waals surface area (Å²) in [5, 5.41) is 10.2. The van der Waals surface area contributed by atoms with Gasteiger partial charge >= 0.3 is 0 Å². The first-order chi connectivity index (χ1) is 14.5. The number of H-pyrrole nitrogens is 1. The Bertz CT molecular complexity index is 1080. The Morgan fingerprint density at radius 2 is 1.83 bits per heavy atom. The van der Waals surface area contributed by atoms with Crippen molar-refractivity contribution in [2.24, 2.45) is 5.92 Å². The van der Waals surface area contributed by atoms with Gasteiger partial charge in [-0.15, -0.1) is 5.10 Å². The first-order valence-corrected chi connectivity index (χ1v) is 12.5. The van der Waals surface area contributed by atoms with Crippen LogP contribution < -0.4 is 5.32 Å². The maximum atomic E-state index is 13.2. The second-order valence-electron chi connectivity index (χ2n) is 9.24. The van der Waals surface area contributed by atoms with Gasteiger partial charge in [0.05, 0.1) is 0 Å². The number of likely N-dealkylation sites (tertiary alicyclic amines) is 1. The van der Waals surface area contributed by atoms with Crippen molar-refractivity contribution >= 4 is 21.7 Å². The maximum absolute atomic E-state index is 13.2. The number of rotatable bonds is 4. The lowest BCUT2D eigenvalue weighted by atomic mass is 9.99. The van der Waals surface area contributed by atoms with Crippen LogP contribution in [0.4, 0.5) is 11.6 Å². The summed E-state index contributed by atoms with van der Waals surface area (Å²) in [5.74, 6) is 0.763. The van der Waals surface area contributed by atoms with Crippen LogP contribution in [0.1, 0.15) is 41.5 Å². The normalized spacial score (nSPS) is 26.2. The largest absolute Gasteiger partial charge is 0.322 e. The molecule has 0 radical (unpaired) electrons. The summed E-state index contributed by atoms with van der Waals surface area (Å²) in [6.45, 7) is 2.15. The number of likely N-dealkylation sites (N-methyl/N-ethyl adjacent to an activating group) is 1. The molecule has 2 fully saturated rings. The van der Waals surface area contributed by atoms with Crippen LogP contribution in [0.25, 0.3) is 0 Å². The lowest BCUT2D eigenvalue weighted by Crippen LogP contribution is -2.35. The van der Waals surface area contributed by atoms with E-state index in [2.05, 4.69) is 38.5 Å². The Hall–Kier alpha value is -1.97. The molecule has 1 aromatic carbocycles. The predicted octanol–water partition coefficient (Wildman–Crippen LogP) is 1.85. The van der Waals surface area contributed by atoms with Crippen molar-refractivity contribution in [3.8, 4) is 0 Å². The monoisotopic (exact) mass is 428 g/mol. The van der Waals surface area contributed by atoms with E-state index in [1.54, 1.807) is 4.31 Å². The minimum Gasteiger partial charge on any atom is -0.322 e. The number of nitrogens with zero attached hydrogens (tertiary/aromatic N) is 4. The highest BCUT2D eigenvalue weighted by molar-refractivity contribution is 7.89. The van der Waals surface area contributed by atoms with Crippen molar-refractivity contribution in [1.29, 1.82) is 0 Å². The Balaban J connectivity index is 1.27. The van der Waals surface area contributed by atoms with E-state index >= 15 is 0 Å². The molecule has 2 atom stereocenters. The fourth-order valence-electron chi connectivity index (χ4n) is 5.95. The third-order valence-electron chi connectivity index (χ3n) is 7.55. The first kappa shape index (κ1) is 18.8. The van der Waals surface area contributed by atoms with Crippen molar-refractivity contribution in [3.63, 3.8) is 0 Å². The number of aromatic amines is 1. The number of anilines is 2. The van der Waals surface area contributed by atoms with Gasteiger partial charge in [0.2, 0.25) is 5.95 Å². The molecule has 0 saturated carbocycles. The molecule has 30 heavy (non-hydrogen) atoms. The third kappa shape index (κ3) is 2.82. The van der Waals surface area contributed by atoms with Crippen LogP contribution >= 0.6 is 0 Å². The molecular formula is C21H28N6O2S. The second kappa shape index (κ2) is 6.77. The topological polar surface area (TPSA) is 94.2 Å². The average Bonchev–Trinajstić information content (AvgIpc) is 3.52. The molecule has 2 aliphatic carbocycles. The van der Waals surface area contributed by atoms with E-state index < -0.39 is 10.0 Å². The van der Waals surface area contributed by atoms with Crippen LogP contribution in [0, 0.1) is 5.92 Å². The summed E-state index contributed by atoms with van der Waals surface area (Å²) in [6, 6.07) is 2.69. The second-order valence-corrected chi connectivity index (χ2v) is 11.1. The minimum atomic E-state index is -3.66. The lowest BCUT2D eigenvalue weighted by molar-refractivity contribution is 0.297. The predicted molar refractivity (Wildman–Crippen MR) is 113 cm³/mol. The van der Waals surface area contributed by atoms with Gasteiger partial charge in [-0.25, -0.2) is 13.5 Å². The lowest BCUT2D eigenvalue weighted by Gasteiger charge is -2.19. The average molecular weight is 429 g/mol. The van der Waals surface area contributed by atoms with E-state index in [1.807, 2.05) is 0 Å². The highest BCUT2D eigenvalue weighted by Gasteiger charge is 2.45. The molecule has 2 aromatic rings. The molecule has 0 bridgehead atoms. The van der Waals surface area contributed by atoms with Crippen LogP contribution in [-0.4, -0.2) is 65.5 Å². The zero-order valence-electron chi connectivity index (χ0n) is 17.3. The van der Waals surface area contributed by atoms with Gasteiger partial charge in [0.25, 0.3) is 15.2 Å². The molecule has 0 amide bonds. The number of benzene rings is 1. The molecule has 2 unspecified atom stereocenters. The van der Waals surface area contributed by atoms with Crippen molar-refractivity contribution < 1.29 is 8.42 Å². The maximum Gasteiger partial charge on any atom is 0.278 e. The van der Waals surface area contributed by atoms with Gasteiger partial charge in [0.15, 0.2) is 0 Å². The number of fused-ring (bicyclic) bond motifs is 3. The summed E-state index contributed by atoms with van der Waals surface area (Å²) in [7, 11) is -1.58. The van der Waals surface area contributed by atoms with Crippen LogP contribution in [0.5, 0.6) is 0 Å². The van der Waals surface area contributed by atoms with Crippen LogP contribution in [0.15, 0.2) is 11.2 Å². The van der Waals surface area contributed by atoms with Crippen molar-refractivity contribution in [3.05, 3.63) is 28.3 Å². The molecule has 1 aromatic heterocycles. The Labute approximate surface area is 177 Å². The molecule has 9 heteroatoms. The molecular weight excluding hydrogens is 400 g/mol. The fourth-order valence-corrected chi connectivity index (χ4v) is 7.29. The van der Waals surface area contributed by atoms with Crippen LogP contribution in [0.3, 0.4) is 0 Å². The molecule has 2 saturated heterocycles. The van der Waals surface area contributed by atoms with Gasteiger partial charge in [0, 0.05) is 24.8 Å². The fraction of sp³-hybridized carbons (Fsp3) is 0.619. The van der Waals surface area contributed by atoms with Crippen molar-refractivity contribution in [2.75, 3.05) is 32.0 Å². The van der Waals surface area contributed by atoms with E-state index in [1.165, 1.54) is 35.1 Å². The van der Waals surface area contributed by atoms with Crippen LogP contribution in [0.2, 0.25) is 0 Å². The molecule has 4 aliphatic rings. The zero-order valence-corrected chi connectivity index (χ0v) is 18.1. The summed E-state index contributed by atoms with van der Waals surface area (Å²) in [6.07, 6.45) is 7.77. The zero-order chi connectivity index (χ0) is 20.5. The van der Waals surface area contributed by atoms with E-state index in [9.17, 15) is 8.42 Å².